The molecule has 2 N–H and O–H groups in total. The Balaban J connectivity index is 3.03. The van der Waals surface area contributed by atoms with Gasteiger partial charge in [-0.25, -0.2) is 0 Å². The van der Waals surface area contributed by atoms with Gasteiger partial charge in [0.1, 0.15) is 5.60 Å². The summed E-state index contributed by atoms with van der Waals surface area (Å²) < 4.78 is 1.60. The van der Waals surface area contributed by atoms with Crippen LogP contribution in [0.15, 0.2) is 6.20 Å². The first-order valence-electron chi connectivity index (χ1n) is 4.28. The summed E-state index contributed by atoms with van der Waals surface area (Å²) in [6.07, 6.45) is 1.18. The van der Waals surface area contributed by atoms with Crippen LogP contribution in [0.25, 0.3) is 0 Å². The van der Waals surface area contributed by atoms with Crippen molar-refractivity contribution in [3.05, 3.63) is 17.5 Å². The molecule has 0 saturated heterocycles. The van der Waals surface area contributed by atoms with Gasteiger partial charge in [-0.15, -0.1) is 0 Å². The van der Waals surface area contributed by atoms with Gasteiger partial charge in [-0.2, -0.15) is 5.10 Å². The van der Waals surface area contributed by atoms with Gasteiger partial charge in [0.2, 0.25) is 0 Å². The minimum Gasteiger partial charge on any atom is -0.481 e. The van der Waals surface area contributed by atoms with Crippen LogP contribution in [0.2, 0.25) is 0 Å². The molecule has 0 aliphatic heterocycles. The fourth-order valence-electron chi connectivity index (χ4n) is 1.42. The number of carbonyl (C=O) groups is 1. The lowest BCUT2D eigenvalue weighted by Crippen LogP contribution is -2.25. The van der Waals surface area contributed by atoms with Gasteiger partial charge in [0.15, 0.2) is 0 Å². The quantitative estimate of drug-likeness (QED) is 0.737. The zero-order chi connectivity index (χ0) is 10.9. The molecule has 0 spiro atoms. The second-order valence-corrected chi connectivity index (χ2v) is 3.61. The molecule has 0 bridgehead atoms. The molecule has 14 heavy (non-hydrogen) atoms. The van der Waals surface area contributed by atoms with Crippen molar-refractivity contribution in [3.63, 3.8) is 0 Å². The fraction of sp³-hybridized carbons (Fsp3) is 0.556. The largest absolute Gasteiger partial charge is 0.481 e. The molecule has 0 aliphatic carbocycles. The van der Waals surface area contributed by atoms with Crippen molar-refractivity contribution in [2.24, 2.45) is 7.05 Å². The highest BCUT2D eigenvalue weighted by molar-refractivity contribution is 5.68. The van der Waals surface area contributed by atoms with Crippen molar-refractivity contribution in [3.8, 4) is 0 Å². The van der Waals surface area contributed by atoms with Crippen molar-refractivity contribution >= 4 is 5.97 Å². The highest BCUT2D eigenvalue weighted by atomic mass is 16.4. The lowest BCUT2D eigenvalue weighted by Gasteiger charge is -2.20. The second-order valence-electron chi connectivity index (χ2n) is 3.61. The van der Waals surface area contributed by atoms with Gasteiger partial charge in [0.05, 0.1) is 12.6 Å². The van der Waals surface area contributed by atoms with Crippen molar-refractivity contribution in [1.29, 1.82) is 0 Å². The van der Waals surface area contributed by atoms with E-state index in [1.54, 1.807) is 18.7 Å². The molecule has 5 heteroatoms. The Morgan fingerprint density at radius 1 is 1.71 bits per heavy atom. The maximum atomic E-state index is 10.5. The Morgan fingerprint density at radius 2 is 2.29 bits per heavy atom. The lowest BCUT2D eigenvalue weighted by atomic mass is 9.93. The smallest absolute Gasteiger partial charge is 0.306 e. The van der Waals surface area contributed by atoms with Gasteiger partial charge < -0.3 is 10.2 Å². The van der Waals surface area contributed by atoms with Crippen LogP contribution in [0.1, 0.15) is 24.6 Å². The average Bonchev–Trinajstić information content (AvgIpc) is 2.30. The third-order valence-electron chi connectivity index (χ3n) is 2.31. The lowest BCUT2D eigenvalue weighted by molar-refractivity contribution is -0.142. The molecule has 1 rings (SSSR count). The molecule has 0 saturated carbocycles. The molecule has 0 fully saturated rings. The fourth-order valence-corrected chi connectivity index (χ4v) is 1.42. The maximum Gasteiger partial charge on any atom is 0.306 e. The summed E-state index contributed by atoms with van der Waals surface area (Å²) in [5.74, 6) is -1.03. The molecule has 0 aliphatic rings. The molecular formula is C9H14N2O3. The first-order chi connectivity index (χ1) is 6.34. The van der Waals surface area contributed by atoms with Gasteiger partial charge in [-0.3, -0.25) is 9.48 Å². The summed E-state index contributed by atoms with van der Waals surface area (Å²) in [5, 5.41) is 22.5. The molecule has 1 atom stereocenters. The van der Waals surface area contributed by atoms with E-state index in [0.717, 1.165) is 5.69 Å². The molecule has 1 aromatic rings. The zero-order valence-electron chi connectivity index (χ0n) is 8.48. The van der Waals surface area contributed by atoms with E-state index in [-0.39, 0.29) is 6.42 Å². The number of aryl methyl sites for hydroxylation is 1. The van der Waals surface area contributed by atoms with Crippen molar-refractivity contribution in [2.75, 3.05) is 0 Å². The number of aromatic nitrogens is 2. The molecule has 5 nitrogen and oxygen atoms in total. The van der Waals surface area contributed by atoms with E-state index >= 15 is 0 Å². The van der Waals surface area contributed by atoms with Crippen LogP contribution in [0.3, 0.4) is 0 Å². The Hall–Kier alpha value is -1.36. The molecule has 0 aromatic carbocycles. The maximum absolute atomic E-state index is 10.5. The summed E-state index contributed by atoms with van der Waals surface area (Å²) in [7, 11) is 1.75. The summed E-state index contributed by atoms with van der Waals surface area (Å²) in [6.45, 7) is 3.27. The van der Waals surface area contributed by atoms with Crippen molar-refractivity contribution in [1.82, 2.24) is 9.78 Å². The van der Waals surface area contributed by atoms with E-state index in [0.29, 0.717) is 5.56 Å². The average molecular weight is 198 g/mol. The standard InChI is InChI=1S/C9H14N2O3/c1-6-7(5-10-11(6)3)9(2,14)4-8(12)13/h5,14H,4H2,1-3H3,(H,12,13). The van der Waals surface area contributed by atoms with Crippen LogP contribution in [0.5, 0.6) is 0 Å². The van der Waals surface area contributed by atoms with E-state index in [1.165, 1.54) is 13.1 Å². The van der Waals surface area contributed by atoms with E-state index < -0.39 is 11.6 Å². The van der Waals surface area contributed by atoms with Crippen molar-refractivity contribution < 1.29 is 15.0 Å². The number of hydrogen-bond acceptors (Lipinski definition) is 3. The molecule has 1 unspecified atom stereocenters. The van der Waals surface area contributed by atoms with Gasteiger partial charge in [-0.1, -0.05) is 0 Å². The van der Waals surface area contributed by atoms with E-state index in [1.807, 2.05) is 0 Å². The molecule has 1 heterocycles. The molecule has 1 aromatic heterocycles. The van der Waals surface area contributed by atoms with Crippen LogP contribution in [0.4, 0.5) is 0 Å². The van der Waals surface area contributed by atoms with Gasteiger partial charge >= 0.3 is 5.97 Å². The van der Waals surface area contributed by atoms with Gasteiger partial charge in [-0.05, 0) is 13.8 Å². The SMILES string of the molecule is Cc1c(C(C)(O)CC(=O)O)cnn1C. The predicted molar refractivity (Wildman–Crippen MR) is 49.8 cm³/mol. The normalized spacial score (nSPS) is 15.1. The summed E-state index contributed by atoms with van der Waals surface area (Å²) in [6, 6.07) is 0. The van der Waals surface area contributed by atoms with Crippen LogP contribution in [-0.4, -0.2) is 26.0 Å². The Kier molecular flexibility index (Phi) is 2.62. The van der Waals surface area contributed by atoms with Crippen LogP contribution in [-0.2, 0) is 17.4 Å². The first-order valence-corrected chi connectivity index (χ1v) is 4.28. The second kappa shape index (κ2) is 3.42. The predicted octanol–water partition coefficient (Wildman–Crippen LogP) is 0.411. The highest BCUT2D eigenvalue weighted by Crippen LogP contribution is 2.26. The number of hydrogen-bond donors (Lipinski definition) is 2. The third-order valence-corrected chi connectivity index (χ3v) is 2.31. The van der Waals surface area contributed by atoms with Crippen molar-refractivity contribution in [2.45, 2.75) is 25.9 Å². The Morgan fingerprint density at radius 3 is 2.64 bits per heavy atom. The topological polar surface area (TPSA) is 75.3 Å². The summed E-state index contributed by atoms with van der Waals surface area (Å²) >= 11 is 0. The molecular weight excluding hydrogens is 184 g/mol. The molecule has 0 amide bonds. The first kappa shape index (κ1) is 10.7. The highest BCUT2D eigenvalue weighted by Gasteiger charge is 2.29. The number of carboxylic acids is 1. The van der Waals surface area contributed by atoms with Crippen LogP contribution in [0, 0.1) is 6.92 Å². The molecule has 78 valence electrons. The minimum absolute atomic E-state index is 0.320. The zero-order valence-corrected chi connectivity index (χ0v) is 8.48. The number of carboxylic acid groups (broad SMARTS) is 1. The number of rotatable bonds is 3. The monoisotopic (exact) mass is 198 g/mol. The third kappa shape index (κ3) is 1.93. The minimum atomic E-state index is -1.36. The van der Waals surface area contributed by atoms with Gasteiger partial charge in [0, 0.05) is 18.3 Å². The van der Waals surface area contributed by atoms with E-state index in [2.05, 4.69) is 5.10 Å². The van der Waals surface area contributed by atoms with E-state index in [9.17, 15) is 9.90 Å². The summed E-state index contributed by atoms with van der Waals surface area (Å²) in [4.78, 5) is 10.5. The number of nitrogens with zero attached hydrogens (tertiary/aromatic N) is 2. The number of aliphatic hydroxyl groups is 1. The number of aliphatic carboxylic acids is 1. The molecule has 0 radical (unpaired) electrons. The van der Waals surface area contributed by atoms with Gasteiger partial charge in [0.25, 0.3) is 0 Å². The van der Waals surface area contributed by atoms with E-state index in [4.69, 9.17) is 5.11 Å². The van der Waals surface area contributed by atoms with Crippen LogP contribution >= 0.6 is 0 Å². The Labute approximate surface area is 82.0 Å². The Bertz CT molecular complexity index is 355. The van der Waals surface area contributed by atoms with Crippen LogP contribution < -0.4 is 0 Å². The summed E-state index contributed by atoms with van der Waals surface area (Å²) in [5.41, 5.74) is -0.0249.